The lowest BCUT2D eigenvalue weighted by Crippen LogP contribution is -2.44. The van der Waals surface area contributed by atoms with Crippen LogP contribution in [-0.4, -0.2) is 79.2 Å². The van der Waals surface area contributed by atoms with E-state index in [0.29, 0.717) is 16.6 Å². The standard InChI is InChI=1S/C10H8BrNO.C10H20N2.C9H5BrO2S.C4H9NO/c1-6(13)9-4-7-2-3-8(11)5-10(7)12-9;1-12-8-4-10(5-9-12)2-6-11-7-3-10;10-6-2-1-5-3-8(9(11)12)13-7(5)4-6;5-4-1-2-6-3-4/h2-5,12H,1H3;11H,2-9H2,1H3;1-4H,(H,11,12);4H,1-3,5H2. The summed E-state index contributed by atoms with van der Waals surface area (Å²) >= 11 is 8.00. The first kappa shape index (κ1) is 34.7. The molecule has 2 aromatic carbocycles. The first-order valence-electron chi connectivity index (χ1n) is 15.0. The number of carbonyl (C=O) groups excluding carboxylic acids is 1. The van der Waals surface area contributed by atoms with Crippen LogP contribution in [0, 0.1) is 5.41 Å². The van der Waals surface area contributed by atoms with Crippen LogP contribution in [0.4, 0.5) is 0 Å². The molecule has 3 aliphatic heterocycles. The van der Waals surface area contributed by atoms with Crippen LogP contribution in [0.3, 0.4) is 0 Å². The molecule has 3 aliphatic rings. The summed E-state index contributed by atoms with van der Waals surface area (Å²) in [4.78, 5) is 27.6. The highest BCUT2D eigenvalue weighted by atomic mass is 79.9. The lowest BCUT2D eigenvalue weighted by Gasteiger charge is -2.43. The summed E-state index contributed by atoms with van der Waals surface area (Å²) < 4.78 is 7.91. The molecule has 4 aromatic rings. The lowest BCUT2D eigenvalue weighted by molar-refractivity contribution is 0.0702. The first-order valence-corrected chi connectivity index (χ1v) is 17.4. The third-order valence-corrected chi connectivity index (χ3v) is 10.4. The Morgan fingerprint density at radius 2 is 1.66 bits per heavy atom. The molecule has 11 heteroatoms. The van der Waals surface area contributed by atoms with E-state index in [1.807, 2.05) is 42.5 Å². The molecule has 5 heterocycles. The first-order chi connectivity index (χ1) is 21.0. The molecule has 7 rings (SSSR count). The SMILES string of the molecule is CC(=O)c1cc2ccc(Br)cc2[nH]1.CN1CCC2(CCNCC2)CC1.NC1CCOC1.O=C(O)c1cc2ccc(Br)cc2s1. The van der Waals surface area contributed by atoms with Gasteiger partial charge in [0, 0.05) is 44.1 Å². The Bertz CT molecular complexity index is 1440. The molecular weight excluding hydrogens is 708 g/mol. The number of hydrogen-bond donors (Lipinski definition) is 4. The van der Waals surface area contributed by atoms with Crippen molar-refractivity contribution < 1.29 is 19.4 Å². The molecule has 1 unspecified atom stereocenters. The summed E-state index contributed by atoms with van der Waals surface area (Å²) in [6.07, 6.45) is 6.75. The fraction of sp³-hybridized carbons (Fsp3) is 0.455. The Hall–Kier alpha value is -2.12. The van der Waals surface area contributed by atoms with Crippen molar-refractivity contribution in [2.45, 2.75) is 45.1 Å². The van der Waals surface area contributed by atoms with E-state index in [1.54, 1.807) is 13.0 Å². The number of ether oxygens (including phenoxy) is 1. The predicted molar refractivity (Wildman–Crippen MR) is 187 cm³/mol. The number of fused-ring (bicyclic) bond motifs is 2. The zero-order valence-electron chi connectivity index (χ0n) is 25.3. The highest BCUT2D eigenvalue weighted by molar-refractivity contribution is 9.10. The van der Waals surface area contributed by atoms with Gasteiger partial charge < -0.3 is 30.8 Å². The zero-order chi connectivity index (χ0) is 31.7. The van der Waals surface area contributed by atoms with E-state index in [4.69, 9.17) is 15.6 Å². The number of piperidine rings is 2. The number of thiophene rings is 1. The van der Waals surface area contributed by atoms with Crippen molar-refractivity contribution in [1.82, 2.24) is 15.2 Å². The second-order valence-electron chi connectivity index (χ2n) is 11.7. The second-order valence-corrected chi connectivity index (χ2v) is 14.7. The van der Waals surface area contributed by atoms with Gasteiger partial charge in [0.2, 0.25) is 0 Å². The fourth-order valence-electron chi connectivity index (χ4n) is 5.50. The summed E-state index contributed by atoms with van der Waals surface area (Å²) in [5.41, 5.74) is 7.79. The summed E-state index contributed by atoms with van der Waals surface area (Å²) in [6.45, 7) is 8.33. The number of carboxylic acid groups (broad SMARTS) is 1. The lowest BCUT2D eigenvalue weighted by atomic mass is 9.72. The quantitative estimate of drug-likeness (QED) is 0.159. The number of halogens is 2. The molecular formula is C33H42Br2N4O4S. The number of nitrogens with one attached hydrogen (secondary N) is 2. The van der Waals surface area contributed by atoms with Crippen LogP contribution in [-0.2, 0) is 4.74 Å². The number of aromatic nitrogens is 1. The smallest absolute Gasteiger partial charge is 0.345 e. The van der Waals surface area contributed by atoms with E-state index in [-0.39, 0.29) is 5.78 Å². The number of nitrogens with zero attached hydrogens (tertiary/aromatic N) is 1. The maximum absolute atomic E-state index is 11.1. The van der Waals surface area contributed by atoms with Crippen molar-refractivity contribution in [3.8, 4) is 0 Å². The molecule has 0 aliphatic carbocycles. The van der Waals surface area contributed by atoms with Crippen molar-refractivity contribution >= 4 is 75.9 Å². The van der Waals surface area contributed by atoms with Crippen LogP contribution >= 0.6 is 43.2 Å². The van der Waals surface area contributed by atoms with Gasteiger partial charge in [-0.15, -0.1) is 11.3 Å². The van der Waals surface area contributed by atoms with Crippen molar-refractivity contribution in [2.24, 2.45) is 11.1 Å². The van der Waals surface area contributed by atoms with Gasteiger partial charge in [0.25, 0.3) is 0 Å². The third-order valence-electron chi connectivity index (χ3n) is 8.33. The maximum atomic E-state index is 11.1. The van der Waals surface area contributed by atoms with E-state index in [2.05, 4.69) is 54.1 Å². The minimum Gasteiger partial charge on any atom is -0.477 e. The summed E-state index contributed by atoms with van der Waals surface area (Å²) in [5.74, 6) is -0.801. The third kappa shape index (κ3) is 10.2. The Balaban J connectivity index is 0.000000138. The minimum absolute atomic E-state index is 0.0623. The Labute approximate surface area is 280 Å². The van der Waals surface area contributed by atoms with Crippen LogP contribution in [0.2, 0.25) is 0 Å². The monoisotopic (exact) mass is 748 g/mol. The molecule has 3 fully saturated rings. The van der Waals surface area contributed by atoms with Crippen LogP contribution in [0.5, 0.6) is 0 Å². The molecule has 1 atom stereocenters. The van der Waals surface area contributed by atoms with E-state index in [9.17, 15) is 9.59 Å². The highest BCUT2D eigenvalue weighted by Gasteiger charge is 2.34. The molecule has 3 saturated heterocycles. The summed E-state index contributed by atoms with van der Waals surface area (Å²) in [7, 11) is 2.24. The largest absolute Gasteiger partial charge is 0.477 e. The average molecular weight is 751 g/mol. The molecule has 238 valence electrons. The fourth-order valence-corrected chi connectivity index (χ4v) is 7.32. The number of carbonyl (C=O) groups is 2. The van der Waals surface area contributed by atoms with E-state index >= 15 is 0 Å². The number of Topliss-reactive ketones (excluding diaryl/α,β-unsaturated/α-hetero) is 1. The van der Waals surface area contributed by atoms with Crippen molar-refractivity contribution in [3.05, 3.63) is 68.0 Å². The molecule has 0 bridgehead atoms. The minimum atomic E-state index is -0.864. The Morgan fingerprint density at radius 3 is 2.23 bits per heavy atom. The molecule has 5 N–H and O–H groups in total. The highest BCUT2D eigenvalue weighted by Crippen LogP contribution is 2.39. The number of carboxylic acids is 1. The van der Waals surface area contributed by atoms with Crippen LogP contribution in [0.25, 0.3) is 21.0 Å². The Morgan fingerprint density at radius 1 is 1.00 bits per heavy atom. The van der Waals surface area contributed by atoms with Gasteiger partial charge >= 0.3 is 5.97 Å². The van der Waals surface area contributed by atoms with Gasteiger partial charge in [-0.05, 0) is 113 Å². The molecule has 44 heavy (non-hydrogen) atoms. The van der Waals surface area contributed by atoms with Crippen LogP contribution in [0.1, 0.15) is 59.2 Å². The number of rotatable bonds is 2. The van der Waals surface area contributed by atoms with E-state index in [0.717, 1.165) is 55.0 Å². The van der Waals surface area contributed by atoms with Gasteiger partial charge in [-0.1, -0.05) is 44.0 Å². The average Bonchev–Trinajstić information content (AvgIpc) is 3.76. The van der Waals surface area contributed by atoms with Gasteiger partial charge in [-0.2, -0.15) is 0 Å². The maximum Gasteiger partial charge on any atom is 0.345 e. The number of likely N-dealkylation sites (tertiary alicyclic amines) is 1. The summed E-state index contributed by atoms with van der Waals surface area (Å²) in [6, 6.07) is 15.5. The molecule has 1 spiro atoms. The Kier molecular flexibility index (Phi) is 13.0. The zero-order valence-corrected chi connectivity index (χ0v) is 29.3. The van der Waals surface area contributed by atoms with Crippen LogP contribution < -0.4 is 11.1 Å². The number of benzene rings is 2. The van der Waals surface area contributed by atoms with Crippen molar-refractivity contribution in [3.63, 3.8) is 0 Å². The number of ketones is 1. The second kappa shape index (κ2) is 16.4. The van der Waals surface area contributed by atoms with Crippen molar-refractivity contribution in [2.75, 3.05) is 46.4 Å². The number of aromatic carboxylic acids is 1. The van der Waals surface area contributed by atoms with Gasteiger partial charge in [0.1, 0.15) is 4.88 Å². The van der Waals surface area contributed by atoms with Gasteiger partial charge in [-0.25, -0.2) is 4.79 Å². The predicted octanol–water partition coefficient (Wildman–Crippen LogP) is 7.31. The van der Waals surface area contributed by atoms with E-state index < -0.39 is 5.97 Å². The number of hydrogen-bond acceptors (Lipinski definition) is 7. The van der Waals surface area contributed by atoms with E-state index in [1.165, 1.54) is 63.2 Å². The van der Waals surface area contributed by atoms with Gasteiger partial charge in [0.15, 0.2) is 5.78 Å². The topological polar surface area (TPSA) is 121 Å². The molecule has 0 radical (unpaired) electrons. The molecule has 8 nitrogen and oxygen atoms in total. The van der Waals surface area contributed by atoms with Crippen LogP contribution in [0.15, 0.2) is 57.5 Å². The number of aromatic amines is 1. The molecule has 0 saturated carbocycles. The molecule has 0 amide bonds. The molecule has 2 aromatic heterocycles. The normalized spacial score (nSPS) is 19.3. The van der Waals surface area contributed by atoms with Crippen molar-refractivity contribution in [1.29, 1.82) is 0 Å². The van der Waals surface area contributed by atoms with Gasteiger partial charge in [0.05, 0.1) is 12.3 Å². The number of H-pyrrole nitrogens is 1. The summed E-state index contributed by atoms with van der Waals surface area (Å²) in [5, 5.41) is 14.2. The van der Waals surface area contributed by atoms with Gasteiger partial charge in [-0.3, -0.25) is 4.79 Å². The number of nitrogens with two attached hydrogens (primary N) is 1.